The van der Waals surface area contributed by atoms with Crippen molar-refractivity contribution in [3.63, 3.8) is 0 Å². The van der Waals surface area contributed by atoms with Crippen LogP contribution in [0.25, 0.3) is 0 Å². The molecule has 3 N–H and O–H groups in total. The van der Waals surface area contributed by atoms with E-state index in [4.69, 9.17) is 5.73 Å². The highest BCUT2D eigenvalue weighted by molar-refractivity contribution is 7.85. The van der Waals surface area contributed by atoms with Gasteiger partial charge in [0.1, 0.15) is 0 Å². The molecule has 1 aromatic rings. The molecule has 2 atom stereocenters. The van der Waals surface area contributed by atoms with E-state index in [-0.39, 0.29) is 0 Å². The van der Waals surface area contributed by atoms with E-state index in [1.165, 1.54) is 25.7 Å². The lowest BCUT2D eigenvalue weighted by Gasteiger charge is -2.13. The fourth-order valence-corrected chi connectivity index (χ4v) is 4.20. The SMILES string of the molecule is NCc1ccc(C(O)CS(=O)CC2CCCC2)cc1. The third-order valence-electron chi connectivity index (χ3n) is 3.84. The van der Waals surface area contributed by atoms with E-state index in [9.17, 15) is 9.32 Å². The number of nitrogens with two attached hydrogens (primary N) is 1. The lowest BCUT2D eigenvalue weighted by Crippen LogP contribution is -2.15. The maximum Gasteiger partial charge on any atom is 0.0905 e. The van der Waals surface area contributed by atoms with Crippen LogP contribution >= 0.6 is 0 Å². The van der Waals surface area contributed by atoms with E-state index in [1.54, 1.807) is 0 Å². The van der Waals surface area contributed by atoms with Crippen LogP contribution in [0.4, 0.5) is 0 Å². The zero-order valence-corrected chi connectivity index (χ0v) is 12.1. The molecule has 0 saturated heterocycles. The average Bonchev–Trinajstić information content (AvgIpc) is 2.91. The molecule has 1 fully saturated rings. The van der Waals surface area contributed by atoms with Crippen molar-refractivity contribution in [2.75, 3.05) is 11.5 Å². The Morgan fingerprint density at radius 3 is 2.47 bits per heavy atom. The van der Waals surface area contributed by atoms with Gasteiger partial charge in [-0.1, -0.05) is 37.1 Å². The Morgan fingerprint density at radius 1 is 1.26 bits per heavy atom. The summed E-state index contributed by atoms with van der Waals surface area (Å²) < 4.78 is 12.0. The number of aliphatic hydroxyl groups excluding tert-OH is 1. The fraction of sp³-hybridized carbons (Fsp3) is 0.600. The topological polar surface area (TPSA) is 63.3 Å². The second-order valence-corrected chi connectivity index (χ2v) is 6.93. The van der Waals surface area contributed by atoms with Gasteiger partial charge in [0.2, 0.25) is 0 Å². The fourth-order valence-electron chi connectivity index (χ4n) is 2.66. The first-order valence-corrected chi connectivity index (χ1v) is 8.50. The lowest BCUT2D eigenvalue weighted by molar-refractivity contribution is 0.203. The van der Waals surface area contributed by atoms with Gasteiger partial charge in [0.05, 0.1) is 11.9 Å². The van der Waals surface area contributed by atoms with Gasteiger partial charge in [-0.15, -0.1) is 0 Å². The largest absolute Gasteiger partial charge is 0.387 e. The van der Waals surface area contributed by atoms with Gasteiger partial charge in [0, 0.05) is 23.1 Å². The van der Waals surface area contributed by atoms with E-state index < -0.39 is 16.9 Å². The van der Waals surface area contributed by atoms with Crippen LogP contribution < -0.4 is 5.73 Å². The van der Waals surface area contributed by atoms with E-state index in [0.29, 0.717) is 18.2 Å². The second kappa shape index (κ2) is 7.17. The first-order chi connectivity index (χ1) is 9.19. The van der Waals surface area contributed by atoms with Crippen LogP contribution in [-0.4, -0.2) is 20.8 Å². The summed E-state index contributed by atoms with van der Waals surface area (Å²) >= 11 is 0. The lowest BCUT2D eigenvalue weighted by atomic mass is 10.1. The molecule has 0 radical (unpaired) electrons. The van der Waals surface area contributed by atoms with Crippen LogP contribution in [0.1, 0.15) is 42.9 Å². The van der Waals surface area contributed by atoms with Gasteiger partial charge >= 0.3 is 0 Å². The number of aliphatic hydroxyl groups is 1. The van der Waals surface area contributed by atoms with Gasteiger partial charge < -0.3 is 10.8 Å². The van der Waals surface area contributed by atoms with Crippen LogP contribution in [0, 0.1) is 5.92 Å². The van der Waals surface area contributed by atoms with Gasteiger partial charge in [-0.3, -0.25) is 4.21 Å². The van der Waals surface area contributed by atoms with Crippen molar-refractivity contribution in [1.29, 1.82) is 0 Å². The molecule has 0 amide bonds. The van der Waals surface area contributed by atoms with E-state index in [1.807, 2.05) is 24.3 Å². The van der Waals surface area contributed by atoms with Gasteiger partial charge in [0.15, 0.2) is 0 Å². The normalized spacial score (nSPS) is 19.5. The number of rotatable bonds is 6. The maximum atomic E-state index is 12.0. The van der Waals surface area contributed by atoms with Crippen molar-refractivity contribution in [1.82, 2.24) is 0 Å². The molecule has 1 aliphatic carbocycles. The first-order valence-electron chi connectivity index (χ1n) is 7.01. The van der Waals surface area contributed by atoms with Gasteiger partial charge in [-0.05, 0) is 29.9 Å². The smallest absolute Gasteiger partial charge is 0.0905 e. The molecule has 2 rings (SSSR count). The predicted molar refractivity (Wildman–Crippen MR) is 79.1 cm³/mol. The number of hydrogen-bond acceptors (Lipinski definition) is 3. The molecule has 1 saturated carbocycles. The number of benzene rings is 1. The zero-order valence-electron chi connectivity index (χ0n) is 11.3. The average molecular weight is 281 g/mol. The van der Waals surface area contributed by atoms with Crippen LogP contribution in [0.2, 0.25) is 0 Å². The molecule has 2 unspecified atom stereocenters. The summed E-state index contributed by atoms with van der Waals surface area (Å²) in [6.07, 6.45) is 4.31. The molecule has 4 heteroatoms. The Labute approximate surface area is 117 Å². The Hall–Kier alpha value is -0.710. The highest BCUT2D eigenvalue weighted by Gasteiger charge is 2.19. The van der Waals surface area contributed by atoms with Gasteiger partial charge in [0.25, 0.3) is 0 Å². The Kier molecular flexibility index (Phi) is 5.55. The molecule has 106 valence electrons. The van der Waals surface area contributed by atoms with Crippen LogP contribution in [-0.2, 0) is 17.3 Å². The standard InChI is InChI=1S/C15H23NO2S/c16-9-12-5-7-14(8-6-12)15(17)11-19(18)10-13-3-1-2-4-13/h5-8,13,15,17H,1-4,9-11,16H2. The molecular formula is C15H23NO2S. The molecule has 1 aromatic carbocycles. The minimum absolute atomic E-state index is 0.346. The highest BCUT2D eigenvalue weighted by atomic mass is 32.2. The van der Waals surface area contributed by atoms with Crippen molar-refractivity contribution in [2.24, 2.45) is 11.7 Å². The maximum absolute atomic E-state index is 12.0. The summed E-state index contributed by atoms with van der Waals surface area (Å²) in [5, 5.41) is 10.1. The molecule has 3 nitrogen and oxygen atoms in total. The summed E-state index contributed by atoms with van der Waals surface area (Å²) in [6, 6.07) is 7.58. The first kappa shape index (κ1) is 14.7. The molecule has 0 heterocycles. The van der Waals surface area contributed by atoms with Crippen molar-refractivity contribution < 1.29 is 9.32 Å². The Morgan fingerprint density at radius 2 is 1.89 bits per heavy atom. The Balaban J connectivity index is 1.84. The molecule has 1 aliphatic rings. The summed E-state index contributed by atoms with van der Waals surface area (Å²) in [6.45, 7) is 0.504. The van der Waals surface area contributed by atoms with Gasteiger partial charge in [-0.2, -0.15) is 0 Å². The zero-order chi connectivity index (χ0) is 13.7. The van der Waals surface area contributed by atoms with Gasteiger partial charge in [-0.25, -0.2) is 0 Å². The van der Waals surface area contributed by atoms with E-state index in [0.717, 1.165) is 16.9 Å². The molecule has 0 bridgehead atoms. The second-order valence-electron chi connectivity index (χ2n) is 5.39. The molecule has 19 heavy (non-hydrogen) atoms. The summed E-state index contributed by atoms with van der Waals surface area (Å²) in [5.74, 6) is 1.70. The summed E-state index contributed by atoms with van der Waals surface area (Å²) in [7, 11) is -0.922. The minimum atomic E-state index is -0.922. The van der Waals surface area contributed by atoms with E-state index >= 15 is 0 Å². The van der Waals surface area contributed by atoms with Crippen molar-refractivity contribution in [3.8, 4) is 0 Å². The van der Waals surface area contributed by atoms with Crippen molar-refractivity contribution >= 4 is 10.8 Å². The predicted octanol–water partition coefficient (Wildman–Crippen LogP) is 2.12. The minimum Gasteiger partial charge on any atom is -0.387 e. The summed E-state index contributed by atoms with van der Waals surface area (Å²) in [4.78, 5) is 0. The molecule has 0 spiro atoms. The highest BCUT2D eigenvalue weighted by Crippen LogP contribution is 2.26. The van der Waals surface area contributed by atoms with E-state index in [2.05, 4.69) is 0 Å². The molecule has 0 aromatic heterocycles. The Bertz CT molecular complexity index is 413. The third-order valence-corrected chi connectivity index (χ3v) is 5.37. The number of hydrogen-bond donors (Lipinski definition) is 2. The third kappa shape index (κ3) is 4.41. The summed E-state index contributed by atoms with van der Waals surface area (Å²) in [5.41, 5.74) is 7.41. The molecular weight excluding hydrogens is 258 g/mol. The van der Waals surface area contributed by atoms with Crippen LogP contribution in [0.15, 0.2) is 24.3 Å². The van der Waals surface area contributed by atoms with Crippen molar-refractivity contribution in [2.45, 2.75) is 38.3 Å². The van der Waals surface area contributed by atoms with Crippen molar-refractivity contribution in [3.05, 3.63) is 35.4 Å². The van der Waals surface area contributed by atoms with Crippen LogP contribution in [0.5, 0.6) is 0 Å². The van der Waals surface area contributed by atoms with Crippen LogP contribution in [0.3, 0.4) is 0 Å². The molecule has 0 aliphatic heterocycles. The monoisotopic (exact) mass is 281 g/mol. The quantitative estimate of drug-likeness (QED) is 0.839.